The van der Waals surface area contributed by atoms with E-state index in [-0.39, 0.29) is 65.9 Å². The molecule has 0 aromatic carbocycles. The third kappa shape index (κ3) is 23.0. The largest absolute Gasteiger partial charge is 0.388 e. The molecule has 0 fully saturated rings. The molecule has 3 N–H and O–H groups in total. The number of halogens is 2. The molecule has 0 radical (unpaired) electrons. The van der Waals surface area contributed by atoms with Gasteiger partial charge in [0.1, 0.15) is 30.6 Å². The summed E-state index contributed by atoms with van der Waals surface area (Å²) in [6.07, 6.45) is 1.17. The van der Waals surface area contributed by atoms with Crippen LogP contribution in [-0.2, 0) is 37.9 Å². The Kier molecular flexibility index (Phi) is 22.7. The number of alkyl halides is 2. The Labute approximate surface area is 268 Å². The quantitative estimate of drug-likeness (QED) is 0.0748. The molecule has 0 aliphatic heterocycles. The molecule has 0 aromatic rings. The molecule has 0 amide bonds. The van der Waals surface area contributed by atoms with Gasteiger partial charge in [0.15, 0.2) is 0 Å². The van der Waals surface area contributed by atoms with Gasteiger partial charge in [-0.1, -0.05) is 12.2 Å². The van der Waals surface area contributed by atoms with E-state index in [1.54, 1.807) is 26.0 Å². The summed E-state index contributed by atoms with van der Waals surface area (Å²) in [5.41, 5.74) is -3.82. The van der Waals surface area contributed by atoms with Crippen molar-refractivity contribution in [1.82, 2.24) is 0 Å². The van der Waals surface area contributed by atoms with Crippen molar-refractivity contribution in [2.24, 2.45) is 0 Å². The molecule has 0 saturated carbocycles. The van der Waals surface area contributed by atoms with Crippen molar-refractivity contribution in [2.45, 2.75) is 95.4 Å². The number of aliphatic hydroxyl groups is 3. The number of ether oxygens (including phenoxy) is 8. The summed E-state index contributed by atoms with van der Waals surface area (Å²) in [5, 5.41) is 29.5. The summed E-state index contributed by atoms with van der Waals surface area (Å²) in [6.45, 7) is 17.3. The van der Waals surface area contributed by atoms with E-state index in [0.29, 0.717) is 26.2 Å². The fraction of sp³-hybridized carbons (Fsp3) is 0.875. The van der Waals surface area contributed by atoms with Gasteiger partial charge in [0.2, 0.25) is 5.85 Å². The van der Waals surface area contributed by atoms with E-state index in [1.807, 2.05) is 13.8 Å². The first-order valence-corrected chi connectivity index (χ1v) is 15.4. The lowest BCUT2D eigenvalue weighted by Gasteiger charge is -2.39. The summed E-state index contributed by atoms with van der Waals surface area (Å²) in [4.78, 5) is 0. The number of rotatable bonds is 31. The Morgan fingerprint density at radius 2 is 1.04 bits per heavy atom. The van der Waals surface area contributed by atoms with Crippen LogP contribution in [0.1, 0.15) is 54.4 Å². The Morgan fingerprint density at radius 1 is 0.578 bits per heavy atom. The van der Waals surface area contributed by atoms with Gasteiger partial charge in [0.25, 0.3) is 0 Å². The van der Waals surface area contributed by atoms with Gasteiger partial charge in [-0.3, -0.25) is 0 Å². The van der Waals surface area contributed by atoms with Gasteiger partial charge in [-0.05, 0) is 48.0 Å². The minimum absolute atomic E-state index is 0.00135. The van der Waals surface area contributed by atoms with E-state index < -0.39 is 47.6 Å². The molecule has 45 heavy (non-hydrogen) atoms. The second kappa shape index (κ2) is 23.3. The van der Waals surface area contributed by atoms with Crippen molar-refractivity contribution >= 4 is 0 Å². The molecule has 5 unspecified atom stereocenters. The molecule has 0 aliphatic rings. The molecule has 11 nitrogen and oxygen atoms in total. The average molecular weight is 659 g/mol. The molecule has 0 spiro atoms. The molecule has 0 saturated heterocycles. The summed E-state index contributed by atoms with van der Waals surface area (Å²) < 4.78 is 73.6. The van der Waals surface area contributed by atoms with Crippen LogP contribution in [-0.4, -0.2) is 142 Å². The van der Waals surface area contributed by atoms with Crippen LogP contribution in [0.4, 0.5) is 8.78 Å². The molecular formula is C32H60F2O11. The van der Waals surface area contributed by atoms with Crippen LogP contribution in [0.5, 0.6) is 0 Å². The van der Waals surface area contributed by atoms with Gasteiger partial charge < -0.3 is 53.2 Å². The van der Waals surface area contributed by atoms with Crippen LogP contribution < -0.4 is 0 Å². The standard InChI is InChI=1S/C32H60F2O11/c1-9-13-38-19-26(35)22-41-17-18-44-32(8,34)25-45-30(5,6)31(7,33)12-16-43-29(3,4)11-15-40-21-28(37)24-42-23-27(36)20-39-14-10-2/h9-10,26-28,35-37H,1-2,11-25H2,3-8H3. The first-order valence-electron chi connectivity index (χ1n) is 15.4. The van der Waals surface area contributed by atoms with Crippen molar-refractivity contribution in [3.05, 3.63) is 25.3 Å². The highest BCUT2D eigenvalue weighted by molar-refractivity contribution is 4.93. The van der Waals surface area contributed by atoms with Gasteiger partial charge in [0.05, 0.1) is 83.9 Å². The third-order valence-electron chi connectivity index (χ3n) is 6.82. The zero-order valence-corrected chi connectivity index (χ0v) is 28.3. The lowest BCUT2D eigenvalue weighted by Crippen LogP contribution is -2.49. The van der Waals surface area contributed by atoms with Crippen molar-refractivity contribution in [3.63, 3.8) is 0 Å². The van der Waals surface area contributed by atoms with Crippen LogP contribution >= 0.6 is 0 Å². The molecule has 0 heterocycles. The fourth-order valence-electron chi connectivity index (χ4n) is 3.52. The molecular weight excluding hydrogens is 598 g/mol. The van der Waals surface area contributed by atoms with Crippen molar-refractivity contribution in [2.75, 3.05) is 85.9 Å². The zero-order valence-electron chi connectivity index (χ0n) is 28.3. The van der Waals surface area contributed by atoms with Crippen molar-refractivity contribution in [3.8, 4) is 0 Å². The summed E-state index contributed by atoms with van der Waals surface area (Å²) in [7, 11) is 0. The van der Waals surface area contributed by atoms with Crippen LogP contribution in [0.25, 0.3) is 0 Å². The maximum atomic E-state index is 15.7. The number of hydrogen-bond donors (Lipinski definition) is 3. The third-order valence-corrected chi connectivity index (χ3v) is 6.82. The smallest absolute Gasteiger partial charge is 0.230 e. The van der Waals surface area contributed by atoms with Crippen LogP contribution in [0.15, 0.2) is 25.3 Å². The van der Waals surface area contributed by atoms with E-state index in [4.69, 9.17) is 37.9 Å². The van der Waals surface area contributed by atoms with E-state index >= 15 is 4.39 Å². The number of hydrogen-bond acceptors (Lipinski definition) is 11. The maximum absolute atomic E-state index is 15.7. The molecule has 0 rings (SSSR count). The van der Waals surface area contributed by atoms with Crippen LogP contribution in [0.2, 0.25) is 0 Å². The maximum Gasteiger partial charge on any atom is 0.230 e. The minimum atomic E-state index is -2.18. The second-order valence-corrected chi connectivity index (χ2v) is 12.4. The molecule has 268 valence electrons. The predicted octanol–water partition coefficient (Wildman–Crippen LogP) is 3.33. The minimum Gasteiger partial charge on any atom is -0.388 e. The van der Waals surface area contributed by atoms with E-state index in [9.17, 15) is 19.7 Å². The zero-order chi connectivity index (χ0) is 34.4. The molecule has 0 bridgehead atoms. The SMILES string of the molecule is C=CCOCC(O)COCCOC(C)(F)COC(C)(C)C(C)(F)CCOC(C)(C)CCOCC(O)COCC(O)COCC=C. The van der Waals surface area contributed by atoms with Crippen LogP contribution in [0, 0.1) is 0 Å². The van der Waals surface area contributed by atoms with Gasteiger partial charge >= 0.3 is 0 Å². The monoisotopic (exact) mass is 658 g/mol. The Morgan fingerprint density at radius 3 is 1.56 bits per heavy atom. The van der Waals surface area contributed by atoms with E-state index in [0.717, 1.165) is 0 Å². The Hall–Kier alpha value is -1.10. The lowest BCUT2D eigenvalue weighted by atomic mass is 9.86. The van der Waals surface area contributed by atoms with E-state index in [2.05, 4.69) is 13.2 Å². The fourth-order valence-corrected chi connectivity index (χ4v) is 3.52. The summed E-state index contributed by atoms with van der Waals surface area (Å²) in [6, 6.07) is 0. The predicted molar refractivity (Wildman–Crippen MR) is 167 cm³/mol. The normalized spacial score (nSPS) is 17.3. The molecule has 0 aliphatic carbocycles. The molecule has 5 atom stereocenters. The lowest BCUT2D eigenvalue weighted by molar-refractivity contribution is -0.221. The number of aliphatic hydroxyl groups excluding tert-OH is 3. The van der Waals surface area contributed by atoms with Gasteiger partial charge in [0, 0.05) is 13.0 Å². The Balaban J connectivity index is 4.27. The highest BCUT2D eigenvalue weighted by atomic mass is 19.2. The molecule has 0 aromatic heterocycles. The van der Waals surface area contributed by atoms with Gasteiger partial charge in [-0.2, -0.15) is 0 Å². The van der Waals surface area contributed by atoms with Crippen molar-refractivity contribution < 1.29 is 62.0 Å². The average Bonchev–Trinajstić information content (AvgIpc) is 2.94. The molecule has 13 heteroatoms. The van der Waals surface area contributed by atoms with E-state index in [1.165, 1.54) is 13.8 Å². The van der Waals surface area contributed by atoms with Gasteiger partial charge in [-0.25, -0.2) is 8.78 Å². The summed E-state index contributed by atoms with van der Waals surface area (Å²) >= 11 is 0. The highest BCUT2D eigenvalue weighted by Crippen LogP contribution is 2.34. The highest BCUT2D eigenvalue weighted by Gasteiger charge is 2.44. The summed E-state index contributed by atoms with van der Waals surface area (Å²) in [5.74, 6) is -2.18. The topological polar surface area (TPSA) is 135 Å². The van der Waals surface area contributed by atoms with Gasteiger partial charge in [-0.15, -0.1) is 13.2 Å². The van der Waals surface area contributed by atoms with Crippen molar-refractivity contribution in [1.29, 1.82) is 0 Å². The Bertz CT molecular complexity index is 765. The first kappa shape index (κ1) is 43.9. The van der Waals surface area contributed by atoms with Crippen LogP contribution in [0.3, 0.4) is 0 Å². The second-order valence-electron chi connectivity index (χ2n) is 12.4. The first-order chi connectivity index (χ1) is 21.0.